The lowest BCUT2D eigenvalue weighted by Gasteiger charge is -2.25. The third kappa shape index (κ3) is 11.0. The summed E-state index contributed by atoms with van der Waals surface area (Å²) in [7, 11) is 0. The SMILES string of the molecule is CCCCCCCCCCCCCCCOC(=O)C1CCCN1C(=O)c1cc(C(F)(F)F)ccc1C(F)(F)F. The van der Waals surface area contributed by atoms with Crippen molar-refractivity contribution >= 4 is 11.9 Å². The summed E-state index contributed by atoms with van der Waals surface area (Å²) in [6, 6.07) is -0.353. The number of rotatable bonds is 16. The van der Waals surface area contributed by atoms with Crippen LogP contribution in [0.3, 0.4) is 0 Å². The lowest BCUT2D eigenvalue weighted by atomic mass is 10.0. The Hall–Kier alpha value is -2.26. The molecule has 1 unspecified atom stereocenters. The van der Waals surface area contributed by atoms with Crippen LogP contribution in [0.2, 0.25) is 0 Å². The van der Waals surface area contributed by atoms with Crippen LogP contribution < -0.4 is 0 Å². The number of nitrogens with zero attached hydrogens (tertiary/aromatic N) is 1. The first-order valence-electron chi connectivity index (χ1n) is 14.2. The van der Waals surface area contributed by atoms with E-state index in [0.29, 0.717) is 18.9 Å². The van der Waals surface area contributed by atoms with E-state index < -0.39 is 47.0 Å². The molecule has 222 valence electrons. The molecule has 1 atom stereocenters. The quantitative estimate of drug-likeness (QED) is 0.114. The van der Waals surface area contributed by atoms with Crippen LogP contribution in [0.25, 0.3) is 0 Å². The number of halogens is 6. The van der Waals surface area contributed by atoms with Crippen LogP contribution >= 0.6 is 0 Å². The number of carbonyl (C=O) groups is 2. The Balaban J connectivity index is 1.77. The molecule has 1 fully saturated rings. The molecule has 0 aromatic heterocycles. The molecule has 10 heteroatoms. The minimum absolute atomic E-state index is 0.0368. The fourth-order valence-electron chi connectivity index (χ4n) is 4.94. The van der Waals surface area contributed by atoms with Crippen molar-refractivity contribution in [3.63, 3.8) is 0 Å². The zero-order valence-corrected chi connectivity index (χ0v) is 22.8. The van der Waals surface area contributed by atoms with E-state index in [2.05, 4.69) is 6.92 Å². The van der Waals surface area contributed by atoms with E-state index in [1.807, 2.05) is 0 Å². The van der Waals surface area contributed by atoms with Crippen LogP contribution in [0.4, 0.5) is 26.3 Å². The Kier molecular flexibility index (Phi) is 13.6. The number of hydrogen-bond acceptors (Lipinski definition) is 3. The zero-order valence-electron chi connectivity index (χ0n) is 22.8. The number of carbonyl (C=O) groups excluding carboxylic acids is 2. The van der Waals surface area contributed by atoms with Crippen molar-refractivity contribution in [1.82, 2.24) is 4.90 Å². The Bertz CT molecular complexity index is 900. The van der Waals surface area contributed by atoms with Crippen molar-refractivity contribution in [2.75, 3.05) is 13.2 Å². The molecule has 0 spiro atoms. The standard InChI is InChI=1S/C29H41F6NO3/c1-2-3-4-5-6-7-8-9-10-11-12-13-14-20-39-27(38)25-16-15-19-36(25)26(37)23-21-22(28(30,31)32)17-18-24(23)29(33,34)35/h17-18,21,25H,2-16,19-20H2,1H3. The van der Waals surface area contributed by atoms with Crippen LogP contribution in [0.15, 0.2) is 18.2 Å². The van der Waals surface area contributed by atoms with Crippen molar-refractivity contribution < 1.29 is 40.7 Å². The fourth-order valence-corrected chi connectivity index (χ4v) is 4.94. The molecule has 2 rings (SSSR count). The molecule has 0 radical (unpaired) electrons. The second-order valence-electron chi connectivity index (χ2n) is 10.3. The summed E-state index contributed by atoms with van der Waals surface area (Å²) in [5.74, 6) is -1.99. The van der Waals surface area contributed by atoms with E-state index in [-0.39, 0.29) is 31.7 Å². The van der Waals surface area contributed by atoms with Crippen molar-refractivity contribution in [2.45, 2.75) is 122 Å². The molecule has 0 N–H and O–H groups in total. The van der Waals surface area contributed by atoms with Gasteiger partial charge in [-0.05, 0) is 37.5 Å². The van der Waals surface area contributed by atoms with Gasteiger partial charge in [-0.25, -0.2) is 4.79 Å². The summed E-state index contributed by atoms with van der Waals surface area (Å²) in [6.45, 7) is 2.30. The number of ether oxygens (including phenoxy) is 1. The van der Waals surface area contributed by atoms with Crippen LogP contribution in [-0.4, -0.2) is 36.0 Å². The second-order valence-corrected chi connectivity index (χ2v) is 10.3. The first-order valence-corrected chi connectivity index (χ1v) is 14.2. The molecule has 0 aliphatic carbocycles. The first kappa shape index (κ1) is 32.9. The van der Waals surface area contributed by atoms with Crippen molar-refractivity contribution in [2.24, 2.45) is 0 Å². The summed E-state index contributed by atoms with van der Waals surface area (Å²) in [4.78, 5) is 26.5. The average molecular weight is 566 g/mol. The summed E-state index contributed by atoms with van der Waals surface area (Å²) in [6.07, 6.45) is 5.64. The van der Waals surface area contributed by atoms with Gasteiger partial charge < -0.3 is 9.64 Å². The number of amides is 1. The minimum Gasteiger partial charge on any atom is -0.464 e. The number of alkyl halides is 6. The molecular weight excluding hydrogens is 524 g/mol. The van der Waals surface area contributed by atoms with Gasteiger partial charge >= 0.3 is 18.3 Å². The minimum atomic E-state index is -5.03. The highest BCUT2D eigenvalue weighted by Crippen LogP contribution is 2.37. The Morgan fingerprint density at radius 2 is 1.36 bits per heavy atom. The molecule has 1 saturated heterocycles. The van der Waals surface area contributed by atoms with Gasteiger partial charge in [0.25, 0.3) is 5.91 Å². The van der Waals surface area contributed by atoms with Gasteiger partial charge in [0.05, 0.1) is 23.3 Å². The maximum absolute atomic E-state index is 13.5. The van der Waals surface area contributed by atoms with E-state index in [4.69, 9.17) is 4.74 Å². The summed E-state index contributed by atoms with van der Waals surface area (Å²) < 4.78 is 85.0. The molecule has 1 aliphatic rings. The molecule has 4 nitrogen and oxygen atoms in total. The van der Waals surface area contributed by atoms with Crippen LogP contribution in [0.5, 0.6) is 0 Å². The van der Waals surface area contributed by atoms with E-state index in [1.165, 1.54) is 57.8 Å². The summed E-state index contributed by atoms with van der Waals surface area (Å²) >= 11 is 0. The lowest BCUT2D eigenvalue weighted by Crippen LogP contribution is -2.42. The molecule has 1 heterocycles. The number of likely N-dealkylation sites (tertiary alicyclic amines) is 1. The molecule has 1 aliphatic heterocycles. The number of hydrogen-bond donors (Lipinski definition) is 0. The molecule has 0 saturated carbocycles. The van der Waals surface area contributed by atoms with Gasteiger partial charge in [-0.3, -0.25) is 4.79 Å². The highest BCUT2D eigenvalue weighted by molar-refractivity contribution is 5.98. The molecule has 1 amide bonds. The number of esters is 1. The summed E-state index contributed by atoms with van der Waals surface area (Å²) in [5, 5.41) is 0. The third-order valence-corrected chi connectivity index (χ3v) is 7.16. The normalized spacial score (nSPS) is 16.1. The van der Waals surface area contributed by atoms with Gasteiger partial charge in [0, 0.05) is 6.54 Å². The molecular formula is C29H41F6NO3. The van der Waals surface area contributed by atoms with Gasteiger partial charge in [0.15, 0.2) is 0 Å². The highest BCUT2D eigenvalue weighted by atomic mass is 19.4. The zero-order chi connectivity index (χ0) is 28.9. The van der Waals surface area contributed by atoms with Crippen molar-refractivity contribution in [3.05, 3.63) is 34.9 Å². The molecule has 39 heavy (non-hydrogen) atoms. The van der Waals surface area contributed by atoms with Crippen LogP contribution in [-0.2, 0) is 21.9 Å². The monoisotopic (exact) mass is 565 g/mol. The maximum atomic E-state index is 13.5. The van der Waals surface area contributed by atoms with Gasteiger partial charge in [0.1, 0.15) is 6.04 Å². The van der Waals surface area contributed by atoms with Gasteiger partial charge in [0.2, 0.25) is 0 Å². The Morgan fingerprint density at radius 1 is 0.821 bits per heavy atom. The van der Waals surface area contributed by atoms with Crippen LogP contribution in [0.1, 0.15) is 125 Å². The molecule has 1 aromatic carbocycles. The van der Waals surface area contributed by atoms with E-state index in [9.17, 15) is 35.9 Å². The largest absolute Gasteiger partial charge is 0.464 e. The van der Waals surface area contributed by atoms with E-state index >= 15 is 0 Å². The number of benzene rings is 1. The van der Waals surface area contributed by atoms with Gasteiger partial charge in [-0.15, -0.1) is 0 Å². The first-order chi connectivity index (χ1) is 18.5. The van der Waals surface area contributed by atoms with Crippen LogP contribution in [0, 0.1) is 0 Å². The van der Waals surface area contributed by atoms with E-state index in [0.717, 1.165) is 24.2 Å². The average Bonchev–Trinajstić information content (AvgIpc) is 3.37. The number of unbranched alkanes of at least 4 members (excludes halogenated alkanes) is 12. The predicted molar refractivity (Wildman–Crippen MR) is 137 cm³/mol. The topological polar surface area (TPSA) is 46.6 Å². The lowest BCUT2D eigenvalue weighted by molar-refractivity contribution is -0.148. The van der Waals surface area contributed by atoms with E-state index in [1.54, 1.807) is 0 Å². The predicted octanol–water partition coefficient (Wildman–Crippen LogP) is 8.96. The smallest absolute Gasteiger partial charge is 0.417 e. The molecule has 0 bridgehead atoms. The Labute approximate surface area is 227 Å². The third-order valence-electron chi connectivity index (χ3n) is 7.16. The maximum Gasteiger partial charge on any atom is 0.417 e. The van der Waals surface area contributed by atoms with Crippen molar-refractivity contribution in [1.29, 1.82) is 0 Å². The molecule has 1 aromatic rings. The second kappa shape index (κ2) is 16.1. The van der Waals surface area contributed by atoms with Crippen molar-refractivity contribution in [3.8, 4) is 0 Å². The summed E-state index contributed by atoms with van der Waals surface area (Å²) in [5.41, 5.74) is -3.94. The highest BCUT2D eigenvalue weighted by Gasteiger charge is 2.42. The van der Waals surface area contributed by atoms with Gasteiger partial charge in [-0.2, -0.15) is 26.3 Å². The fraction of sp³-hybridized carbons (Fsp3) is 0.724. The van der Waals surface area contributed by atoms with Gasteiger partial charge in [-0.1, -0.05) is 84.0 Å². The Morgan fingerprint density at radius 3 is 1.87 bits per heavy atom.